The molecule has 1 amide bonds. The molecule has 0 aliphatic carbocycles. The van der Waals surface area contributed by atoms with Gasteiger partial charge in [-0.05, 0) is 43.5 Å². The normalized spacial score (nSPS) is 12.0. The molecule has 0 spiro atoms. The van der Waals surface area contributed by atoms with Gasteiger partial charge in [-0.25, -0.2) is 13.8 Å². The number of para-hydroxylation sites is 1. The second-order valence-electron chi connectivity index (χ2n) is 6.73. The maximum Gasteiger partial charge on any atom is 0.280 e. The van der Waals surface area contributed by atoms with Gasteiger partial charge < -0.3 is 4.84 Å². The third-order valence-electron chi connectivity index (χ3n) is 4.20. The van der Waals surface area contributed by atoms with Crippen LogP contribution in [0.25, 0.3) is 0 Å². The first kappa shape index (κ1) is 23.2. The van der Waals surface area contributed by atoms with E-state index in [2.05, 4.69) is 20.4 Å². The summed E-state index contributed by atoms with van der Waals surface area (Å²) in [5, 5.41) is 9.70. The lowest BCUT2D eigenvalue weighted by Gasteiger charge is -2.10. The van der Waals surface area contributed by atoms with E-state index < -0.39 is 15.9 Å². The van der Waals surface area contributed by atoms with Crippen molar-refractivity contribution in [2.24, 2.45) is 10.3 Å². The van der Waals surface area contributed by atoms with Gasteiger partial charge in [-0.3, -0.25) is 9.52 Å². The molecule has 0 aliphatic rings. The summed E-state index contributed by atoms with van der Waals surface area (Å²) >= 11 is 1.52. The topological polar surface area (TPSA) is 109 Å². The minimum absolute atomic E-state index is 0.152. The van der Waals surface area contributed by atoms with E-state index in [-0.39, 0.29) is 11.5 Å². The van der Waals surface area contributed by atoms with Crippen LogP contribution in [0.2, 0.25) is 0 Å². The van der Waals surface area contributed by atoms with Crippen LogP contribution in [0.4, 0.5) is 5.69 Å². The first-order valence-corrected chi connectivity index (χ1v) is 11.9. The summed E-state index contributed by atoms with van der Waals surface area (Å²) in [6, 6.07) is 17.1. The predicted molar refractivity (Wildman–Crippen MR) is 127 cm³/mol. The zero-order valence-electron chi connectivity index (χ0n) is 17.5. The fourth-order valence-electron chi connectivity index (χ4n) is 2.55. The second-order valence-corrected chi connectivity index (χ2v) is 9.36. The molecular formula is C22H22N4O4S2. The summed E-state index contributed by atoms with van der Waals surface area (Å²) in [6.07, 6.45) is 1.35. The van der Waals surface area contributed by atoms with Gasteiger partial charge in [-0.15, -0.1) is 11.3 Å². The molecule has 0 saturated carbocycles. The number of anilines is 1. The number of carbonyl (C=O) groups excluding carboxylic acids is 1. The van der Waals surface area contributed by atoms with Crippen molar-refractivity contribution in [1.82, 2.24) is 5.43 Å². The quantitative estimate of drug-likeness (QED) is 0.367. The van der Waals surface area contributed by atoms with Crippen molar-refractivity contribution in [3.05, 3.63) is 82.0 Å². The zero-order valence-corrected chi connectivity index (χ0v) is 19.1. The van der Waals surface area contributed by atoms with Crippen molar-refractivity contribution >= 4 is 44.9 Å². The molecule has 0 unspecified atom stereocenters. The Morgan fingerprint density at radius 2 is 1.84 bits per heavy atom. The number of oxime groups is 1. The van der Waals surface area contributed by atoms with Gasteiger partial charge in [0.05, 0.1) is 27.4 Å². The number of benzene rings is 2. The summed E-state index contributed by atoms with van der Waals surface area (Å²) in [5.41, 5.74) is 4.78. The first-order valence-electron chi connectivity index (χ1n) is 9.56. The Bertz CT molecular complexity index is 1220. The van der Waals surface area contributed by atoms with Crippen molar-refractivity contribution in [2.75, 3.05) is 11.3 Å². The lowest BCUT2D eigenvalue weighted by molar-refractivity contribution is -0.125. The SMILES string of the molecule is CC(=NOCC(=O)NN=Cc1ccccc1NS(=O)(=O)c1ccc(C)cc1)c1cccs1. The molecule has 1 aromatic heterocycles. The van der Waals surface area contributed by atoms with Crippen LogP contribution >= 0.6 is 11.3 Å². The van der Waals surface area contributed by atoms with Crippen molar-refractivity contribution in [3.63, 3.8) is 0 Å². The molecule has 0 fully saturated rings. The number of aryl methyl sites for hydroxylation is 1. The number of amides is 1. The van der Waals surface area contributed by atoms with Gasteiger partial charge >= 0.3 is 0 Å². The number of rotatable bonds is 9. The van der Waals surface area contributed by atoms with E-state index in [1.165, 1.54) is 29.7 Å². The number of carbonyl (C=O) groups is 1. The molecule has 10 heteroatoms. The number of hydrogen-bond acceptors (Lipinski definition) is 7. The fraction of sp³-hybridized carbons (Fsp3) is 0.136. The molecule has 0 aliphatic heterocycles. The maximum absolute atomic E-state index is 12.7. The van der Waals surface area contributed by atoms with Crippen molar-refractivity contribution in [3.8, 4) is 0 Å². The molecule has 2 N–H and O–H groups in total. The van der Waals surface area contributed by atoms with E-state index in [1.807, 2.05) is 24.4 Å². The van der Waals surface area contributed by atoms with Crippen LogP contribution in [-0.4, -0.2) is 32.9 Å². The van der Waals surface area contributed by atoms with Crippen molar-refractivity contribution in [2.45, 2.75) is 18.7 Å². The first-order chi connectivity index (χ1) is 15.3. The smallest absolute Gasteiger partial charge is 0.280 e. The van der Waals surface area contributed by atoms with Crippen LogP contribution in [0.15, 0.2) is 81.2 Å². The fourth-order valence-corrected chi connectivity index (χ4v) is 4.30. The van der Waals surface area contributed by atoms with Crippen LogP contribution in [0, 0.1) is 6.92 Å². The van der Waals surface area contributed by atoms with Crippen LogP contribution in [0.1, 0.15) is 22.9 Å². The molecule has 0 saturated heterocycles. The molecule has 166 valence electrons. The predicted octanol–water partition coefficient (Wildman–Crippen LogP) is 3.75. The zero-order chi connectivity index (χ0) is 23.0. The highest BCUT2D eigenvalue weighted by Crippen LogP contribution is 2.19. The summed E-state index contributed by atoms with van der Waals surface area (Å²) in [5.74, 6) is -0.498. The Morgan fingerprint density at radius 3 is 2.56 bits per heavy atom. The molecule has 0 radical (unpaired) electrons. The molecule has 3 aromatic rings. The van der Waals surface area contributed by atoms with Crippen molar-refractivity contribution < 1.29 is 18.0 Å². The summed E-state index contributed by atoms with van der Waals surface area (Å²) < 4.78 is 27.9. The summed E-state index contributed by atoms with van der Waals surface area (Å²) in [4.78, 5) is 18.1. The molecule has 1 heterocycles. The average Bonchev–Trinajstić information content (AvgIpc) is 3.30. The minimum Gasteiger partial charge on any atom is -0.385 e. The molecule has 0 bridgehead atoms. The average molecular weight is 471 g/mol. The van der Waals surface area contributed by atoms with E-state index >= 15 is 0 Å². The Morgan fingerprint density at radius 1 is 1.09 bits per heavy atom. The summed E-state index contributed by atoms with van der Waals surface area (Å²) in [6.45, 7) is 3.37. The Balaban J connectivity index is 1.59. The molecular weight excluding hydrogens is 448 g/mol. The van der Waals surface area contributed by atoms with Gasteiger partial charge in [-0.1, -0.05) is 47.1 Å². The van der Waals surface area contributed by atoms with Gasteiger partial charge in [0.1, 0.15) is 0 Å². The van der Waals surface area contributed by atoms with Crippen molar-refractivity contribution in [1.29, 1.82) is 0 Å². The van der Waals surface area contributed by atoms with E-state index in [0.29, 0.717) is 17.0 Å². The number of hydrazone groups is 1. The highest BCUT2D eigenvalue weighted by atomic mass is 32.2. The van der Waals surface area contributed by atoms with Crippen LogP contribution in [0.3, 0.4) is 0 Å². The van der Waals surface area contributed by atoms with Gasteiger partial charge in [-0.2, -0.15) is 5.10 Å². The highest BCUT2D eigenvalue weighted by Gasteiger charge is 2.15. The highest BCUT2D eigenvalue weighted by molar-refractivity contribution is 7.92. The van der Waals surface area contributed by atoms with E-state index in [1.54, 1.807) is 43.3 Å². The number of nitrogens with one attached hydrogen (secondary N) is 2. The second kappa shape index (κ2) is 10.7. The number of hydrogen-bond donors (Lipinski definition) is 2. The largest absolute Gasteiger partial charge is 0.385 e. The summed E-state index contributed by atoms with van der Waals surface area (Å²) in [7, 11) is -3.77. The van der Waals surface area contributed by atoms with Crippen LogP contribution < -0.4 is 10.1 Å². The monoisotopic (exact) mass is 470 g/mol. The van der Waals surface area contributed by atoms with Crippen LogP contribution in [0.5, 0.6) is 0 Å². The number of nitrogens with zero attached hydrogens (tertiary/aromatic N) is 2. The third-order valence-corrected chi connectivity index (χ3v) is 6.56. The Kier molecular flexibility index (Phi) is 7.74. The maximum atomic E-state index is 12.7. The standard InChI is InChI=1S/C22H22N4O4S2/c1-16-9-11-19(12-10-16)32(28,29)26-20-7-4-3-6-18(20)14-23-24-22(27)15-30-25-17(2)21-8-5-13-31-21/h3-14,26H,15H2,1-2H3,(H,24,27). The Labute approximate surface area is 190 Å². The van der Waals surface area contributed by atoms with Gasteiger partial charge in [0.25, 0.3) is 15.9 Å². The Hall–Kier alpha value is -3.50. The minimum atomic E-state index is -3.77. The molecule has 3 rings (SSSR count). The third kappa shape index (κ3) is 6.50. The van der Waals surface area contributed by atoms with E-state index in [0.717, 1.165) is 10.4 Å². The van der Waals surface area contributed by atoms with E-state index in [9.17, 15) is 13.2 Å². The lowest BCUT2D eigenvalue weighted by Crippen LogP contribution is -2.22. The number of sulfonamides is 1. The number of thiophene rings is 1. The van der Waals surface area contributed by atoms with Gasteiger partial charge in [0, 0.05) is 5.56 Å². The van der Waals surface area contributed by atoms with Gasteiger partial charge in [0.2, 0.25) is 0 Å². The molecule has 8 nitrogen and oxygen atoms in total. The molecule has 32 heavy (non-hydrogen) atoms. The van der Waals surface area contributed by atoms with Gasteiger partial charge in [0.15, 0.2) is 6.61 Å². The molecule has 0 atom stereocenters. The lowest BCUT2D eigenvalue weighted by atomic mass is 10.2. The molecule has 2 aromatic carbocycles. The van der Waals surface area contributed by atoms with Crippen LogP contribution in [-0.2, 0) is 19.7 Å². The van der Waals surface area contributed by atoms with E-state index in [4.69, 9.17) is 4.84 Å².